The Bertz CT molecular complexity index is 695. The fourth-order valence-electron chi connectivity index (χ4n) is 1.56. The van der Waals surface area contributed by atoms with Gasteiger partial charge in [0.05, 0.1) is 10.2 Å². The first-order chi connectivity index (χ1) is 10.1. The number of carboxylic acids is 1. The second kappa shape index (κ2) is 7.24. The number of carbonyl (C=O) groups is 2. The topological polar surface area (TPSA) is 79.3 Å². The highest BCUT2D eigenvalue weighted by molar-refractivity contribution is 8.01. The quantitative estimate of drug-likeness (QED) is 0.629. The van der Waals surface area contributed by atoms with Crippen molar-refractivity contribution in [3.8, 4) is 0 Å². The molecule has 1 heterocycles. The van der Waals surface area contributed by atoms with E-state index >= 15 is 0 Å². The third-order valence-corrected chi connectivity index (χ3v) is 4.81. The molecular formula is C14H14N2O3S2. The van der Waals surface area contributed by atoms with Gasteiger partial charge < -0.3 is 10.4 Å². The molecule has 110 valence electrons. The minimum atomic E-state index is -1.15. The molecule has 1 aromatic heterocycles. The van der Waals surface area contributed by atoms with Gasteiger partial charge in [0.25, 0.3) is 0 Å². The van der Waals surface area contributed by atoms with Crippen LogP contribution in [0, 0.1) is 0 Å². The predicted molar refractivity (Wildman–Crippen MR) is 86.0 cm³/mol. The number of carbonyl (C=O) groups excluding carboxylic acids is 1. The van der Waals surface area contributed by atoms with Gasteiger partial charge in [0, 0.05) is 23.6 Å². The van der Waals surface area contributed by atoms with Crippen molar-refractivity contribution in [3.05, 3.63) is 30.4 Å². The number of benzene rings is 1. The van der Waals surface area contributed by atoms with Gasteiger partial charge in [0.2, 0.25) is 5.91 Å². The number of aromatic nitrogens is 1. The lowest BCUT2D eigenvalue weighted by molar-refractivity contribution is -0.131. The second-order valence-corrected chi connectivity index (χ2v) is 6.54. The SMILES string of the molecule is CCCSc1nc2ccc(NC(=O)/C=C/C(=O)O)cc2s1. The summed E-state index contributed by atoms with van der Waals surface area (Å²) in [4.78, 5) is 26.4. The van der Waals surface area contributed by atoms with Crippen LogP contribution in [0.3, 0.4) is 0 Å². The minimum Gasteiger partial charge on any atom is -0.478 e. The average Bonchev–Trinajstić information content (AvgIpc) is 2.85. The van der Waals surface area contributed by atoms with Crippen molar-refractivity contribution in [3.63, 3.8) is 0 Å². The first kappa shape index (κ1) is 15.5. The van der Waals surface area contributed by atoms with Crippen LogP contribution in [0.1, 0.15) is 13.3 Å². The van der Waals surface area contributed by atoms with Crippen LogP contribution in [0.5, 0.6) is 0 Å². The van der Waals surface area contributed by atoms with Gasteiger partial charge in [-0.05, 0) is 24.6 Å². The Morgan fingerprint density at radius 3 is 2.95 bits per heavy atom. The number of carboxylic acid groups (broad SMARTS) is 1. The monoisotopic (exact) mass is 322 g/mol. The van der Waals surface area contributed by atoms with E-state index in [2.05, 4.69) is 17.2 Å². The molecule has 1 aromatic carbocycles. The molecule has 0 spiro atoms. The first-order valence-electron chi connectivity index (χ1n) is 6.34. The van der Waals surface area contributed by atoms with Gasteiger partial charge in [-0.1, -0.05) is 18.7 Å². The highest BCUT2D eigenvalue weighted by Gasteiger charge is 2.06. The normalized spacial score (nSPS) is 11.1. The van der Waals surface area contributed by atoms with Gasteiger partial charge in [0.1, 0.15) is 0 Å². The Hall–Kier alpha value is -1.86. The summed E-state index contributed by atoms with van der Waals surface area (Å²) in [5.74, 6) is -0.592. The van der Waals surface area contributed by atoms with Gasteiger partial charge in [-0.2, -0.15) is 0 Å². The largest absolute Gasteiger partial charge is 0.478 e. The summed E-state index contributed by atoms with van der Waals surface area (Å²) in [5, 5.41) is 11.1. The number of thioether (sulfide) groups is 1. The first-order valence-corrected chi connectivity index (χ1v) is 8.14. The van der Waals surface area contributed by atoms with Crippen LogP contribution < -0.4 is 5.32 Å². The molecule has 2 N–H and O–H groups in total. The van der Waals surface area contributed by atoms with Gasteiger partial charge in [-0.15, -0.1) is 11.3 Å². The maximum absolute atomic E-state index is 11.5. The van der Waals surface area contributed by atoms with Crippen molar-refractivity contribution in [2.24, 2.45) is 0 Å². The van der Waals surface area contributed by atoms with Crippen LogP contribution in [-0.2, 0) is 9.59 Å². The minimum absolute atomic E-state index is 0.471. The molecule has 0 saturated carbocycles. The average molecular weight is 322 g/mol. The zero-order valence-corrected chi connectivity index (χ0v) is 13.0. The van der Waals surface area contributed by atoms with E-state index < -0.39 is 11.9 Å². The maximum atomic E-state index is 11.5. The molecule has 0 unspecified atom stereocenters. The van der Waals surface area contributed by atoms with Crippen LogP contribution >= 0.6 is 23.1 Å². The van der Waals surface area contributed by atoms with Gasteiger partial charge in [0.15, 0.2) is 4.34 Å². The molecule has 2 aromatic rings. The summed E-state index contributed by atoms with van der Waals surface area (Å²) in [7, 11) is 0. The van der Waals surface area contributed by atoms with E-state index in [-0.39, 0.29) is 0 Å². The Morgan fingerprint density at radius 1 is 1.43 bits per heavy atom. The van der Waals surface area contributed by atoms with E-state index in [9.17, 15) is 9.59 Å². The number of hydrogen-bond donors (Lipinski definition) is 2. The number of anilines is 1. The van der Waals surface area contributed by atoms with Crippen molar-refractivity contribution in [2.75, 3.05) is 11.1 Å². The van der Waals surface area contributed by atoms with Crippen molar-refractivity contribution < 1.29 is 14.7 Å². The Morgan fingerprint density at radius 2 is 2.24 bits per heavy atom. The van der Waals surface area contributed by atoms with E-state index in [0.29, 0.717) is 5.69 Å². The molecule has 7 heteroatoms. The van der Waals surface area contributed by atoms with Crippen LogP contribution in [-0.4, -0.2) is 27.7 Å². The molecule has 5 nitrogen and oxygen atoms in total. The van der Waals surface area contributed by atoms with Crippen molar-refractivity contribution >= 4 is 50.9 Å². The molecule has 0 atom stereocenters. The molecule has 1 amide bonds. The zero-order valence-electron chi connectivity index (χ0n) is 11.3. The van der Waals surface area contributed by atoms with E-state index in [0.717, 1.165) is 38.9 Å². The molecule has 0 radical (unpaired) electrons. The number of nitrogens with one attached hydrogen (secondary N) is 1. The molecule has 0 bridgehead atoms. The Kier molecular flexibility index (Phi) is 5.35. The molecule has 0 fully saturated rings. The number of nitrogens with zero attached hydrogens (tertiary/aromatic N) is 1. The van der Waals surface area contributed by atoms with Gasteiger partial charge in [-0.25, -0.2) is 9.78 Å². The highest BCUT2D eigenvalue weighted by atomic mass is 32.2. The number of amides is 1. The zero-order chi connectivity index (χ0) is 15.2. The van der Waals surface area contributed by atoms with Crippen molar-refractivity contribution in [1.29, 1.82) is 0 Å². The lowest BCUT2D eigenvalue weighted by atomic mass is 10.3. The number of hydrogen-bond acceptors (Lipinski definition) is 5. The fourth-order valence-corrected chi connectivity index (χ4v) is 3.60. The molecule has 2 rings (SSSR count). The summed E-state index contributed by atoms with van der Waals surface area (Å²) in [6, 6.07) is 5.44. The summed E-state index contributed by atoms with van der Waals surface area (Å²) in [6.45, 7) is 2.12. The fraction of sp³-hybridized carbons (Fsp3) is 0.214. The van der Waals surface area contributed by atoms with Gasteiger partial charge in [-0.3, -0.25) is 4.79 Å². The van der Waals surface area contributed by atoms with E-state index in [1.807, 2.05) is 12.1 Å². The van der Waals surface area contributed by atoms with E-state index in [1.54, 1.807) is 29.2 Å². The van der Waals surface area contributed by atoms with E-state index in [1.165, 1.54) is 0 Å². The lowest BCUT2D eigenvalue weighted by Gasteiger charge is -2.00. The number of rotatable bonds is 6. The number of thiazole rings is 1. The van der Waals surface area contributed by atoms with Crippen LogP contribution in [0.2, 0.25) is 0 Å². The predicted octanol–water partition coefficient (Wildman–Crippen LogP) is 3.38. The Labute approximate surface area is 130 Å². The number of fused-ring (bicyclic) bond motifs is 1. The third-order valence-electron chi connectivity index (χ3n) is 2.44. The van der Waals surface area contributed by atoms with Crippen molar-refractivity contribution in [2.45, 2.75) is 17.7 Å². The smallest absolute Gasteiger partial charge is 0.328 e. The van der Waals surface area contributed by atoms with Crippen molar-refractivity contribution in [1.82, 2.24) is 4.98 Å². The lowest BCUT2D eigenvalue weighted by Crippen LogP contribution is -2.08. The van der Waals surface area contributed by atoms with E-state index in [4.69, 9.17) is 5.11 Å². The van der Waals surface area contributed by atoms with Crippen LogP contribution in [0.25, 0.3) is 10.2 Å². The molecule has 21 heavy (non-hydrogen) atoms. The molecule has 0 aliphatic heterocycles. The Balaban J connectivity index is 2.11. The maximum Gasteiger partial charge on any atom is 0.328 e. The summed E-state index contributed by atoms with van der Waals surface area (Å²) >= 11 is 3.31. The highest BCUT2D eigenvalue weighted by Crippen LogP contribution is 2.31. The summed E-state index contributed by atoms with van der Waals surface area (Å²) < 4.78 is 2.01. The second-order valence-electron chi connectivity index (χ2n) is 4.17. The molecular weight excluding hydrogens is 308 g/mol. The molecule has 0 aliphatic rings. The number of aliphatic carboxylic acids is 1. The standard InChI is InChI=1S/C14H14N2O3S2/c1-2-7-20-14-16-10-4-3-9(8-11(10)21-14)15-12(17)5-6-13(18)19/h3-6,8H,2,7H2,1H3,(H,15,17)(H,18,19)/b6-5+. The molecule has 0 saturated heterocycles. The summed E-state index contributed by atoms with van der Waals surface area (Å²) in [6.07, 6.45) is 2.89. The summed E-state index contributed by atoms with van der Waals surface area (Å²) in [5.41, 5.74) is 1.52. The van der Waals surface area contributed by atoms with Gasteiger partial charge >= 0.3 is 5.97 Å². The van der Waals surface area contributed by atoms with Crippen LogP contribution in [0.4, 0.5) is 5.69 Å². The third kappa shape index (κ3) is 4.57. The molecule has 0 aliphatic carbocycles. The van der Waals surface area contributed by atoms with Crippen LogP contribution in [0.15, 0.2) is 34.7 Å².